The van der Waals surface area contributed by atoms with Gasteiger partial charge < -0.3 is 10.2 Å². The molecule has 1 fully saturated rings. The molecule has 1 aliphatic rings. The molecule has 0 spiro atoms. The van der Waals surface area contributed by atoms with Gasteiger partial charge in [0.25, 0.3) is 5.91 Å². The molecule has 3 rings (SSSR count). The van der Waals surface area contributed by atoms with E-state index in [9.17, 15) is 4.79 Å². The number of aromatic nitrogens is 2. The second-order valence-electron chi connectivity index (χ2n) is 5.90. The molecular weight excluding hydrogens is 409 g/mol. The number of nitrogens with zero attached hydrogens (tertiary/aromatic N) is 3. The van der Waals surface area contributed by atoms with Crippen LogP contribution in [0.3, 0.4) is 0 Å². The lowest BCUT2D eigenvalue weighted by atomic mass is 10.2. The Hall–Kier alpha value is -1.71. The van der Waals surface area contributed by atoms with Crippen molar-refractivity contribution in [2.24, 2.45) is 0 Å². The van der Waals surface area contributed by atoms with Crippen LogP contribution < -0.4 is 10.8 Å². The smallest absolute Gasteiger partial charge is 0.267 e. The molecule has 10 heteroatoms. The predicted molar refractivity (Wildman–Crippen MR) is 112 cm³/mol. The van der Waals surface area contributed by atoms with Crippen molar-refractivity contribution in [2.45, 2.75) is 18.9 Å². The number of thiophene rings is 1. The monoisotopic (exact) mass is 431 g/mol. The first-order valence-electron chi connectivity index (χ1n) is 8.18. The standard InChI is InChI=1S/C17H21N5O2S.2ClH/c23-17(21-24)4-3-13-10-19-16(11-18-13)20-14-5-7-22(12-14)8-6-15-2-1-9-25-15;;/h1-4,9-11,14,24H,5-8,12H2,(H,19,20)(H,21,23);2*1H/b4-3+;;/t14-;;/m1../s1. The Morgan fingerprint density at radius 3 is 2.89 bits per heavy atom. The maximum absolute atomic E-state index is 10.9. The number of amides is 1. The molecule has 3 heterocycles. The Bertz CT molecular complexity index is 713. The van der Waals surface area contributed by atoms with Crippen molar-refractivity contribution in [2.75, 3.05) is 25.0 Å². The van der Waals surface area contributed by atoms with Gasteiger partial charge in [0.1, 0.15) is 5.82 Å². The van der Waals surface area contributed by atoms with Crippen molar-refractivity contribution in [3.05, 3.63) is 46.6 Å². The van der Waals surface area contributed by atoms with E-state index in [0.717, 1.165) is 38.3 Å². The zero-order chi connectivity index (χ0) is 17.5. The summed E-state index contributed by atoms with van der Waals surface area (Å²) >= 11 is 1.81. The van der Waals surface area contributed by atoms with Crippen LogP contribution >= 0.6 is 36.2 Å². The average Bonchev–Trinajstić information content (AvgIpc) is 3.31. The molecule has 2 aromatic rings. The van der Waals surface area contributed by atoms with Crippen LogP contribution in [0.15, 0.2) is 36.0 Å². The fourth-order valence-electron chi connectivity index (χ4n) is 2.78. The quantitative estimate of drug-likeness (QED) is 0.354. The number of carbonyl (C=O) groups is 1. The van der Waals surface area contributed by atoms with Crippen molar-refractivity contribution < 1.29 is 10.0 Å². The number of nitrogens with one attached hydrogen (secondary N) is 2. The number of hydroxylamine groups is 1. The summed E-state index contributed by atoms with van der Waals surface area (Å²) in [5, 5.41) is 14.0. The summed E-state index contributed by atoms with van der Waals surface area (Å²) in [6.07, 6.45) is 8.12. The van der Waals surface area contributed by atoms with E-state index in [0.29, 0.717) is 11.7 Å². The number of rotatable bonds is 7. The third kappa shape index (κ3) is 7.43. The van der Waals surface area contributed by atoms with Gasteiger partial charge in [0.05, 0.1) is 18.1 Å². The van der Waals surface area contributed by atoms with Crippen LogP contribution in [0.1, 0.15) is 17.0 Å². The number of hydrogen-bond acceptors (Lipinski definition) is 7. The molecule has 3 N–H and O–H groups in total. The van der Waals surface area contributed by atoms with Crippen molar-refractivity contribution >= 4 is 54.0 Å². The molecule has 1 amide bonds. The summed E-state index contributed by atoms with van der Waals surface area (Å²) in [5.41, 5.74) is 2.08. The summed E-state index contributed by atoms with van der Waals surface area (Å²) in [6.45, 7) is 3.18. The van der Waals surface area contributed by atoms with Gasteiger partial charge in [-0.3, -0.25) is 15.0 Å². The van der Waals surface area contributed by atoms with Crippen LogP contribution in [0.25, 0.3) is 6.08 Å². The third-order valence-electron chi connectivity index (χ3n) is 4.07. The molecule has 1 atom stereocenters. The van der Waals surface area contributed by atoms with E-state index in [2.05, 4.69) is 37.7 Å². The van der Waals surface area contributed by atoms with Gasteiger partial charge in [-0.25, -0.2) is 10.5 Å². The molecule has 0 radical (unpaired) electrons. The first-order valence-corrected chi connectivity index (χ1v) is 9.06. The zero-order valence-electron chi connectivity index (χ0n) is 14.6. The van der Waals surface area contributed by atoms with Crippen LogP contribution in [-0.4, -0.2) is 51.7 Å². The molecular formula is C17H23Cl2N5O2S. The van der Waals surface area contributed by atoms with E-state index in [1.807, 2.05) is 11.3 Å². The maximum Gasteiger partial charge on any atom is 0.267 e. The van der Waals surface area contributed by atoms with Gasteiger partial charge in [0.2, 0.25) is 0 Å². The van der Waals surface area contributed by atoms with Gasteiger partial charge in [-0.2, -0.15) is 0 Å². The minimum Gasteiger partial charge on any atom is -0.365 e. The van der Waals surface area contributed by atoms with Crippen LogP contribution in [0.4, 0.5) is 5.82 Å². The van der Waals surface area contributed by atoms with Crippen molar-refractivity contribution in [1.29, 1.82) is 0 Å². The van der Waals surface area contributed by atoms with Crippen molar-refractivity contribution in [1.82, 2.24) is 20.3 Å². The molecule has 148 valence electrons. The lowest BCUT2D eigenvalue weighted by molar-refractivity contribution is -0.124. The summed E-state index contributed by atoms with van der Waals surface area (Å²) in [4.78, 5) is 23.4. The Labute approximate surface area is 174 Å². The topological polar surface area (TPSA) is 90.4 Å². The van der Waals surface area contributed by atoms with Gasteiger partial charge in [0, 0.05) is 36.6 Å². The summed E-state index contributed by atoms with van der Waals surface area (Å²) < 4.78 is 0. The SMILES string of the molecule is Cl.Cl.O=C(/C=C/c1cnc(N[C@@H]2CCN(CCc3cccs3)C2)cn1)NO. The molecule has 0 bridgehead atoms. The molecule has 0 aromatic carbocycles. The van der Waals surface area contributed by atoms with Crippen molar-refractivity contribution in [3.8, 4) is 0 Å². The fourth-order valence-corrected chi connectivity index (χ4v) is 3.48. The highest BCUT2D eigenvalue weighted by molar-refractivity contribution is 7.09. The van der Waals surface area contributed by atoms with Crippen LogP contribution in [0, 0.1) is 0 Å². The highest BCUT2D eigenvalue weighted by atomic mass is 35.5. The highest BCUT2D eigenvalue weighted by Crippen LogP contribution is 2.16. The minimum absolute atomic E-state index is 0. The highest BCUT2D eigenvalue weighted by Gasteiger charge is 2.22. The normalized spacial score (nSPS) is 16.6. The minimum atomic E-state index is -0.599. The first kappa shape index (κ1) is 23.3. The molecule has 2 aromatic heterocycles. The van der Waals surface area contributed by atoms with E-state index in [4.69, 9.17) is 5.21 Å². The molecule has 0 aliphatic carbocycles. The molecule has 0 unspecified atom stereocenters. The summed E-state index contributed by atoms with van der Waals surface area (Å²) in [5.74, 6) is 0.131. The Morgan fingerprint density at radius 2 is 2.22 bits per heavy atom. The van der Waals surface area contributed by atoms with E-state index in [1.54, 1.807) is 12.4 Å². The largest absolute Gasteiger partial charge is 0.365 e. The number of halogens is 2. The van der Waals surface area contributed by atoms with Crippen LogP contribution in [0.2, 0.25) is 0 Å². The molecule has 0 saturated carbocycles. The molecule has 1 aliphatic heterocycles. The van der Waals surface area contributed by atoms with Gasteiger partial charge in [-0.1, -0.05) is 6.07 Å². The van der Waals surface area contributed by atoms with E-state index in [1.165, 1.54) is 22.5 Å². The second kappa shape index (κ2) is 11.9. The van der Waals surface area contributed by atoms with Gasteiger partial charge >= 0.3 is 0 Å². The van der Waals surface area contributed by atoms with E-state index < -0.39 is 5.91 Å². The number of hydrogen-bond donors (Lipinski definition) is 3. The van der Waals surface area contributed by atoms with Crippen molar-refractivity contribution in [3.63, 3.8) is 0 Å². The van der Waals surface area contributed by atoms with Gasteiger partial charge in [-0.15, -0.1) is 36.2 Å². The van der Waals surface area contributed by atoms with Gasteiger partial charge in [0.15, 0.2) is 0 Å². The molecule has 1 saturated heterocycles. The summed E-state index contributed by atoms with van der Waals surface area (Å²) in [6, 6.07) is 4.66. The Kier molecular flexibility index (Phi) is 10.3. The first-order chi connectivity index (χ1) is 12.2. The lowest BCUT2D eigenvalue weighted by Crippen LogP contribution is -2.28. The Balaban J connectivity index is 0.00000182. The second-order valence-corrected chi connectivity index (χ2v) is 6.93. The number of carbonyl (C=O) groups excluding carboxylic acids is 1. The average molecular weight is 432 g/mol. The van der Waals surface area contributed by atoms with E-state index in [-0.39, 0.29) is 24.8 Å². The predicted octanol–water partition coefficient (Wildman–Crippen LogP) is 2.63. The molecule has 27 heavy (non-hydrogen) atoms. The number of likely N-dealkylation sites (tertiary alicyclic amines) is 1. The van der Waals surface area contributed by atoms with E-state index >= 15 is 0 Å². The third-order valence-corrected chi connectivity index (χ3v) is 5.00. The maximum atomic E-state index is 10.9. The number of anilines is 1. The summed E-state index contributed by atoms with van der Waals surface area (Å²) in [7, 11) is 0. The fraction of sp³-hybridized carbons (Fsp3) is 0.353. The zero-order valence-corrected chi connectivity index (χ0v) is 17.0. The lowest BCUT2D eigenvalue weighted by Gasteiger charge is -2.16. The molecule has 7 nitrogen and oxygen atoms in total. The van der Waals surface area contributed by atoms with Crippen LogP contribution in [-0.2, 0) is 11.2 Å². The Morgan fingerprint density at radius 1 is 1.37 bits per heavy atom. The van der Waals surface area contributed by atoms with Crippen LogP contribution in [0.5, 0.6) is 0 Å². The van der Waals surface area contributed by atoms with Gasteiger partial charge in [-0.05, 0) is 30.4 Å².